The molecule has 0 radical (unpaired) electrons. The maximum absolute atomic E-state index is 14.0. The smallest absolute Gasteiger partial charge is 0.263 e. The van der Waals surface area contributed by atoms with Gasteiger partial charge in [0.15, 0.2) is 0 Å². The van der Waals surface area contributed by atoms with Crippen molar-refractivity contribution in [1.82, 2.24) is 0 Å². The fourth-order valence-electron chi connectivity index (χ4n) is 2.63. The van der Waals surface area contributed by atoms with Crippen molar-refractivity contribution in [2.24, 2.45) is 0 Å². The third-order valence-electron chi connectivity index (χ3n) is 3.79. The zero-order chi connectivity index (χ0) is 16.4. The van der Waals surface area contributed by atoms with Crippen LogP contribution in [0, 0.1) is 5.82 Å². The first kappa shape index (κ1) is 16.1. The topological polar surface area (TPSA) is 49.4 Å². The lowest BCUT2D eigenvalue weighted by atomic mass is 10.2. The van der Waals surface area contributed by atoms with Gasteiger partial charge in [-0.15, -0.1) is 0 Å². The minimum Gasteiger partial charge on any atom is -0.371 e. The lowest BCUT2D eigenvalue weighted by molar-refractivity contribution is 0.598. The summed E-state index contributed by atoms with van der Waals surface area (Å²) in [4.78, 5) is 2.03. The highest BCUT2D eigenvalue weighted by Gasteiger charge is 2.20. The summed E-state index contributed by atoms with van der Waals surface area (Å²) in [6.45, 7) is 1.78. The molecule has 0 spiro atoms. The molecule has 0 bridgehead atoms. The zero-order valence-electron chi connectivity index (χ0n) is 12.3. The second-order valence-electron chi connectivity index (χ2n) is 5.39. The van der Waals surface area contributed by atoms with Crippen LogP contribution in [0.1, 0.15) is 12.8 Å². The Kier molecular flexibility index (Phi) is 4.46. The first-order chi connectivity index (χ1) is 11.0. The van der Waals surface area contributed by atoms with Gasteiger partial charge < -0.3 is 4.90 Å². The SMILES string of the molecule is O=S(=O)(Nc1cc(N2CCCC2)ccc1F)c1ccccc1Cl. The lowest BCUT2D eigenvalue weighted by Gasteiger charge is -2.19. The molecule has 1 aliphatic heterocycles. The molecule has 23 heavy (non-hydrogen) atoms. The monoisotopic (exact) mass is 354 g/mol. The van der Waals surface area contributed by atoms with Crippen molar-refractivity contribution in [2.75, 3.05) is 22.7 Å². The van der Waals surface area contributed by atoms with Crippen molar-refractivity contribution >= 4 is 33.0 Å². The summed E-state index contributed by atoms with van der Waals surface area (Å²) in [5, 5.41) is 0.0936. The van der Waals surface area contributed by atoms with Gasteiger partial charge in [0.05, 0.1) is 10.7 Å². The highest BCUT2D eigenvalue weighted by atomic mass is 35.5. The summed E-state index contributed by atoms with van der Waals surface area (Å²) < 4.78 is 41.2. The number of nitrogens with one attached hydrogen (secondary N) is 1. The predicted molar refractivity (Wildman–Crippen MR) is 90.1 cm³/mol. The molecule has 1 aliphatic rings. The normalized spacial score (nSPS) is 15.0. The average Bonchev–Trinajstić information content (AvgIpc) is 3.04. The molecule has 0 aliphatic carbocycles. The second kappa shape index (κ2) is 6.37. The van der Waals surface area contributed by atoms with E-state index < -0.39 is 15.8 Å². The Morgan fingerprint density at radius 1 is 1.09 bits per heavy atom. The van der Waals surface area contributed by atoms with Gasteiger partial charge in [-0.2, -0.15) is 0 Å². The molecule has 122 valence electrons. The fourth-order valence-corrected chi connectivity index (χ4v) is 4.20. The maximum Gasteiger partial charge on any atom is 0.263 e. The van der Waals surface area contributed by atoms with Gasteiger partial charge in [0.2, 0.25) is 0 Å². The summed E-state index contributed by atoms with van der Waals surface area (Å²) in [6.07, 6.45) is 2.16. The molecular weight excluding hydrogens is 339 g/mol. The summed E-state index contributed by atoms with van der Waals surface area (Å²) in [5.74, 6) is -0.622. The summed E-state index contributed by atoms with van der Waals surface area (Å²) >= 11 is 5.93. The van der Waals surface area contributed by atoms with Gasteiger partial charge in [0, 0.05) is 18.8 Å². The molecule has 0 amide bonds. The van der Waals surface area contributed by atoms with Crippen LogP contribution in [-0.4, -0.2) is 21.5 Å². The second-order valence-corrected chi connectivity index (χ2v) is 7.45. The molecule has 0 atom stereocenters. The van der Waals surface area contributed by atoms with E-state index in [-0.39, 0.29) is 15.6 Å². The number of rotatable bonds is 4. The van der Waals surface area contributed by atoms with Crippen molar-refractivity contribution in [3.63, 3.8) is 0 Å². The van der Waals surface area contributed by atoms with Gasteiger partial charge in [0.25, 0.3) is 10.0 Å². The largest absolute Gasteiger partial charge is 0.371 e. The summed E-state index contributed by atoms with van der Waals surface area (Å²) in [6, 6.07) is 10.5. The van der Waals surface area contributed by atoms with E-state index in [1.807, 2.05) is 0 Å². The summed E-state index contributed by atoms with van der Waals surface area (Å²) in [7, 11) is -3.95. The Bertz CT molecular complexity index is 821. The maximum atomic E-state index is 14.0. The molecule has 1 N–H and O–H groups in total. The number of benzene rings is 2. The van der Waals surface area contributed by atoms with Crippen molar-refractivity contribution in [1.29, 1.82) is 0 Å². The number of nitrogens with zero attached hydrogens (tertiary/aromatic N) is 1. The quantitative estimate of drug-likeness (QED) is 0.906. The van der Waals surface area contributed by atoms with Crippen LogP contribution in [-0.2, 0) is 10.0 Å². The molecule has 3 rings (SSSR count). The number of hydrogen-bond acceptors (Lipinski definition) is 3. The molecular formula is C16H16ClFN2O2S. The minimum atomic E-state index is -3.95. The van der Waals surface area contributed by atoms with Crippen LogP contribution in [0.25, 0.3) is 0 Å². The van der Waals surface area contributed by atoms with E-state index in [1.165, 1.54) is 24.3 Å². The number of anilines is 2. The molecule has 0 unspecified atom stereocenters. The van der Waals surface area contributed by atoms with E-state index in [0.717, 1.165) is 31.6 Å². The number of hydrogen-bond donors (Lipinski definition) is 1. The van der Waals surface area contributed by atoms with Crippen molar-refractivity contribution in [2.45, 2.75) is 17.7 Å². The van der Waals surface area contributed by atoms with E-state index in [9.17, 15) is 12.8 Å². The predicted octanol–water partition coefficient (Wildman–Crippen LogP) is 3.88. The van der Waals surface area contributed by atoms with Crippen molar-refractivity contribution in [3.8, 4) is 0 Å². The van der Waals surface area contributed by atoms with Crippen LogP contribution in [0.5, 0.6) is 0 Å². The van der Waals surface area contributed by atoms with Gasteiger partial charge in [-0.25, -0.2) is 12.8 Å². The Hall–Kier alpha value is -1.79. The van der Waals surface area contributed by atoms with Gasteiger partial charge >= 0.3 is 0 Å². The highest BCUT2D eigenvalue weighted by molar-refractivity contribution is 7.92. The van der Waals surface area contributed by atoms with E-state index >= 15 is 0 Å². The molecule has 1 fully saturated rings. The summed E-state index contributed by atoms with van der Waals surface area (Å²) in [5.41, 5.74) is 0.732. The average molecular weight is 355 g/mol. The van der Waals surface area contributed by atoms with Crippen LogP contribution >= 0.6 is 11.6 Å². The van der Waals surface area contributed by atoms with Crippen LogP contribution in [0.2, 0.25) is 5.02 Å². The number of sulfonamides is 1. The third kappa shape index (κ3) is 3.43. The van der Waals surface area contributed by atoms with Crippen LogP contribution in [0.4, 0.5) is 15.8 Å². The number of halogens is 2. The van der Waals surface area contributed by atoms with Crippen LogP contribution in [0.3, 0.4) is 0 Å². The van der Waals surface area contributed by atoms with E-state index in [2.05, 4.69) is 9.62 Å². The molecule has 7 heteroatoms. The zero-order valence-corrected chi connectivity index (χ0v) is 13.9. The highest BCUT2D eigenvalue weighted by Crippen LogP contribution is 2.29. The molecule has 4 nitrogen and oxygen atoms in total. The molecule has 1 heterocycles. The van der Waals surface area contributed by atoms with Crippen LogP contribution in [0.15, 0.2) is 47.4 Å². The third-order valence-corrected chi connectivity index (χ3v) is 5.66. The fraction of sp³-hybridized carbons (Fsp3) is 0.250. The Balaban J connectivity index is 1.93. The molecule has 2 aromatic rings. The van der Waals surface area contributed by atoms with Gasteiger partial charge in [-0.3, -0.25) is 4.72 Å². The minimum absolute atomic E-state index is 0.0747. The molecule has 0 aromatic heterocycles. The molecule has 0 saturated carbocycles. The Morgan fingerprint density at radius 2 is 1.78 bits per heavy atom. The van der Waals surface area contributed by atoms with E-state index in [1.54, 1.807) is 18.2 Å². The molecule has 1 saturated heterocycles. The first-order valence-corrected chi connectivity index (χ1v) is 9.15. The van der Waals surface area contributed by atoms with Crippen molar-refractivity contribution < 1.29 is 12.8 Å². The Morgan fingerprint density at radius 3 is 2.48 bits per heavy atom. The first-order valence-electron chi connectivity index (χ1n) is 7.29. The standard InChI is InChI=1S/C16H16ClFN2O2S/c17-13-5-1-2-6-16(13)23(21,22)19-15-11-12(7-8-14(15)18)20-9-3-4-10-20/h1-2,5-8,11,19H,3-4,9-10H2. The van der Waals surface area contributed by atoms with Crippen LogP contribution < -0.4 is 9.62 Å². The Labute approximate surface area is 139 Å². The van der Waals surface area contributed by atoms with E-state index in [4.69, 9.17) is 11.6 Å². The van der Waals surface area contributed by atoms with E-state index in [0.29, 0.717) is 0 Å². The van der Waals surface area contributed by atoms with Gasteiger partial charge in [0.1, 0.15) is 10.7 Å². The van der Waals surface area contributed by atoms with Crippen molar-refractivity contribution in [3.05, 3.63) is 53.3 Å². The van der Waals surface area contributed by atoms with Gasteiger partial charge in [-0.1, -0.05) is 23.7 Å². The van der Waals surface area contributed by atoms with Gasteiger partial charge in [-0.05, 0) is 43.2 Å². The lowest BCUT2D eigenvalue weighted by Crippen LogP contribution is -2.19. The molecule has 2 aromatic carbocycles.